The summed E-state index contributed by atoms with van der Waals surface area (Å²) in [6.45, 7) is 5.67. The van der Waals surface area contributed by atoms with Gasteiger partial charge in [-0.1, -0.05) is 6.07 Å². The molecule has 1 atom stereocenters. The smallest absolute Gasteiger partial charge is 0.191 e. The van der Waals surface area contributed by atoms with Crippen LogP contribution in [0.1, 0.15) is 11.6 Å². The van der Waals surface area contributed by atoms with Crippen LogP contribution in [0.15, 0.2) is 47.7 Å². The summed E-state index contributed by atoms with van der Waals surface area (Å²) in [6, 6.07) is 10.4. The quantitative estimate of drug-likeness (QED) is 0.288. The van der Waals surface area contributed by atoms with Crippen LogP contribution in [0.4, 0.5) is 0 Å². The number of rotatable bonds is 9. The molecule has 2 aromatic rings. The van der Waals surface area contributed by atoms with E-state index in [1.165, 1.54) is 5.56 Å². The molecule has 31 heavy (non-hydrogen) atoms. The maximum Gasteiger partial charge on any atom is 0.191 e. The maximum atomic E-state index is 5.56. The van der Waals surface area contributed by atoms with Crippen LogP contribution in [0.25, 0.3) is 0 Å². The van der Waals surface area contributed by atoms with Crippen LogP contribution in [0, 0.1) is 0 Å². The molecule has 0 amide bonds. The summed E-state index contributed by atoms with van der Waals surface area (Å²) in [6.07, 6.45) is 4.12. The highest BCUT2D eigenvalue weighted by Crippen LogP contribution is 2.32. The number of hydrogen-bond donors (Lipinski definition) is 2. The number of methoxy groups -OCH3 is 2. The molecule has 2 heterocycles. The first-order chi connectivity index (χ1) is 14.7. The maximum absolute atomic E-state index is 5.56. The highest BCUT2D eigenvalue weighted by atomic mass is 127. The fraction of sp³-hybridized carbons (Fsp3) is 0.500. The molecule has 1 aromatic heterocycles. The van der Waals surface area contributed by atoms with Crippen molar-refractivity contribution >= 4 is 29.9 Å². The summed E-state index contributed by atoms with van der Waals surface area (Å²) < 4.78 is 18.6. The zero-order valence-corrected chi connectivity index (χ0v) is 20.9. The number of aromatic nitrogens is 1. The van der Waals surface area contributed by atoms with Crippen LogP contribution in [0.2, 0.25) is 0 Å². The van der Waals surface area contributed by atoms with Crippen LogP contribution in [0.3, 0.4) is 0 Å². The van der Waals surface area contributed by atoms with Crippen LogP contribution >= 0.6 is 24.0 Å². The third-order valence-corrected chi connectivity index (χ3v) is 5.29. The van der Waals surface area contributed by atoms with Crippen molar-refractivity contribution in [3.05, 3.63) is 48.3 Å². The molecule has 1 aromatic carbocycles. The molecule has 172 valence electrons. The van der Waals surface area contributed by atoms with Crippen molar-refractivity contribution < 1.29 is 14.2 Å². The zero-order chi connectivity index (χ0) is 21.2. The molecule has 0 radical (unpaired) electrons. The van der Waals surface area contributed by atoms with Gasteiger partial charge in [-0.2, -0.15) is 0 Å². The van der Waals surface area contributed by atoms with Gasteiger partial charge in [0.05, 0.1) is 33.5 Å². The molecule has 9 heteroatoms. The molecular formula is C22H34IN5O3. The standard InChI is InChI=1S/C22H33N5O3.HI/c1-23-22(24-8-11-26-9-4-5-10-26)25-17-19(27-12-14-30-15-13-27)18-6-7-20(28-2)21(16-18)29-3;/h4-7,9-10,16,19H,8,11-15,17H2,1-3H3,(H2,23,24,25);1H. The second-order valence-corrected chi connectivity index (χ2v) is 7.08. The van der Waals surface area contributed by atoms with Crippen LogP contribution in [-0.4, -0.2) is 76.1 Å². The van der Waals surface area contributed by atoms with Gasteiger partial charge in [-0.15, -0.1) is 24.0 Å². The summed E-state index contributed by atoms with van der Waals surface area (Å²) in [5, 5.41) is 6.87. The van der Waals surface area contributed by atoms with Crippen LogP contribution in [-0.2, 0) is 11.3 Å². The highest BCUT2D eigenvalue weighted by molar-refractivity contribution is 14.0. The summed E-state index contributed by atoms with van der Waals surface area (Å²) in [5.41, 5.74) is 1.17. The minimum absolute atomic E-state index is 0. The third-order valence-electron chi connectivity index (χ3n) is 5.29. The SMILES string of the molecule is CN=C(NCCn1cccc1)NCC(c1ccc(OC)c(OC)c1)N1CCOCC1.I. The Bertz CT molecular complexity index is 794. The number of guanidine groups is 1. The lowest BCUT2D eigenvalue weighted by molar-refractivity contribution is 0.0169. The van der Waals surface area contributed by atoms with E-state index in [4.69, 9.17) is 14.2 Å². The van der Waals surface area contributed by atoms with Crippen molar-refractivity contribution in [1.82, 2.24) is 20.1 Å². The van der Waals surface area contributed by atoms with Gasteiger partial charge < -0.3 is 29.4 Å². The van der Waals surface area contributed by atoms with Gasteiger partial charge in [-0.25, -0.2) is 0 Å². The molecule has 1 fully saturated rings. The van der Waals surface area contributed by atoms with Gasteiger partial charge in [0.2, 0.25) is 0 Å². The Balaban J connectivity index is 0.00000341. The summed E-state index contributed by atoms with van der Waals surface area (Å²) in [7, 11) is 5.12. The Kier molecular flexibility index (Phi) is 11.0. The molecule has 1 aliphatic heterocycles. The van der Waals surface area contributed by atoms with Gasteiger partial charge in [-0.05, 0) is 29.8 Å². The predicted octanol–water partition coefficient (Wildman–Crippen LogP) is 2.36. The average Bonchev–Trinajstić information content (AvgIpc) is 3.32. The van der Waals surface area contributed by atoms with Gasteiger partial charge in [0.1, 0.15) is 0 Å². The van der Waals surface area contributed by atoms with Crippen molar-refractivity contribution in [3.63, 3.8) is 0 Å². The lowest BCUT2D eigenvalue weighted by atomic mass is 10.0. The molecule has 0 saturated carbocycles. The second kappa shape index (κ2) is 13.4. The van der Waals surface area contributed by atoms with Crippen LogP contribution < -0.4 is 20.1 Å². The molecule has 0 aliphatic carbocycles. The van der Waals surface area contributed by atoms with Crippen molar-refractivity contribution in [1.29, 1.82) is 0 Å². The number of morpholine rings is 1. The topological polar surface area (TPSA) is 72.3 Å². The van der Waals surface area contributed by atoms with E-state index >= 15 is 0 Å². The molecule has 3 rings (SSSR count). The van der Waals surface area contributed by atoms with E-state index in [2.05, 4.69) is 49.6 Å². The first-order valence-corrected chi connectivity index (χ1v) is 10.3. The Labute approximate surface area is 202 Å². The monoisotopic (exact) mass is 543 g/mol. The van der Waals surface area contributed by atoms with E-state index < -0.39 is 0 Å². The number of nitrogens with one attached hydrogen (secondary N) is 2. The predicted molar refractivity (Wildman–Crippen MR) is 134 cm³/mol. The number of halogens is 1. The largest absolute Gasteiger partial charge is 0.493 e. The second-order valence-electron chi connectivity index (χ2n) is 7.08. The number of aliphatic imine (C=N–C) groups is 1. The average molecular weight is 543 g/mol. The fourth-order valence-electron chi connectivity index (χ4n) is 3.64. The Hall–Kier alpha value is -1.98. The number of benzene rings is 1. The van der Waals surface area contributed by atoms with Crippen molar-refractivity contribution in [3.8, 4) is 11.5 Å². The van der Waals surface area contributed by atoms with Gasteiger partial charge in [0.15, 0.2) is 17.5 Å². The van der Waals surface area contributed by atoms with E-state index in [0.717, 1.165) is 63.4 Å². The van der Waals surface area contributed by atoms with E-state index in [9.17, 15) is 0 Å². The molecule has 0 bridgehead atoms. The summed E-state index contributed by atoms with van der Waals surface area (Å²) in [4.78, 5) is 6.81. The first kappa shape index (κ1) is 25.3. The summed E-state index contributed by atoms with van der Waals surface area (Å²) >= 11 is 0. The third kappa shape index (κ3) is 7.29. The lowest BCUT2D eigenvalue weighted by Gasteiger charge is -2.35. The fourth-order valence-corrected chi connectivity index (χ4v) is 3.64. The Morgan fingerprint density at radius 3 is 2.45 bits per heavy atom. The Morgan fingerprint density at radius 2 is 1.81 bits per heavy atom. The minimum Gasteiger partial charge on any atom is -0.493 e. The molecule has 8 nitrogen and oxygen atoms in total. The normalized spacial score (nSPS) is 15.6. The van der Waals surface area contributed by atoms with Gasteiger partial charge in [0, 0.05) is 52.2 Å². The van der Waals surface area contributed by atoms with Crippen molar-refractivity contribution in [2.45, 2.75) is 12.6 Å². The molecule has 1 unspecified atom stereocenters. The zero-order valence-electron chi connectivity index (χ0n) is 18.5. The van der Waals surface area contributed by atoms with Crippen LogP contribution in [0.5, 0.6) is 11.5 Å². The molecular weight excluding hydrogens is 509 g/mol. The molecule has 0 spiro atoms. The highest BCUT2D eigenvalue weighted by Gasteiger charge is 2.24. The van der Waals surface area contributed by atoms with E-state index in [1.54, 1.807) is 21.3 Å². The van der Waals surface area contributed by atoms with Crippen molar-refractivity contribution in [2.24, 2.45) is 4.99 Å². The molecule has 1 aliphatic rings. The van der Waals surface area contributed by atoms with Gasteiger partial charge >= 0.3 is 0 Å². The molecule has 1 saturated heterocycles. The van der Waals surface area contributed by atoms with Gasteiger partial charge in [0.25, 0.3) is 0 Å². The lowest BCUT2D eigenvalue weighted by Crippen LogP contribution is -2.46. The Morgan fingerprint density at radius 1 is 1.10 bits per heavy atom. The number of hydrogen-bond acceptors (Lipinski definition) is 5. The molecule has 2 N–H and O–H groups in total. The summed E-state index contributed by atoms with van der Waals surface area (Å²) in [5.74, 6) is 2.26. The first-order valence-electron chi connectivity index (χ1n) is 10.3. The number of nitrogens with zero attached hydrogens (tertiary/aromatic N) is 3. The number of ether oxygens (including phenoxy) is 3. The van der Waals surface area contributed by atoms with E-state index in [1.807, 2.05) is 18.2 Å². The van der Waals surface area contributed by atoms with Crippen molar-refractivity contribution in [2.75, 3.05) is 60.7 Å². The van der Waals surface area contributed by atoms with E-state index in [0.29, 0.717) is 0 Å². The minimum atomic E-state index is 0. The van der Waals surface area contributed by atoms with Gasteiger partial charge in [-0.3, -0.25) is 9.89 Å². The van der Waals surface area contributed by atoms with E-state index in [-0.39, 0.29) is 30.0 Å².